The fourth-order valence-corrected chi connectivity index (χ4v) is 9.36. The molecular formula is C52H109N10O4P. The van der Waals surface area contributed by atoms with Gasteiger partial charge in [-0.2, -0.15) is 10.5 Å². The zero-order valence-electron chi connectivity index (χ0n) is 45.7. The van der Waals surface area contributed by atoms with E-state index in [0.29, 0.717) is 42.7 Å². The number of likely N-dealkylation sites (tertiary alicyclic amines) is 7. The third-order valence-electron chi connectivity index (χ3n) is 14.0. The van der Waals surface area contributed by atoms with Crippen molar-refractivity contribution in [1.82, 2.24) is 34.3 Å². The summed E-state index contributed by atoms with van der Waals surface area (Å²) in [4.78, 5) is 25.5. The number of hydrogen-bond donors (Lipinski definition) is 3. The minimum atomic E-state index is -3.27. The lowest BCUT2D eigenvalue weighted by Crippen LogP contribution is -2.54. The maximum atomic E-state index is 10.8. The molecule has 0 amide bonds. The van der Waals surface area contributed by atoms with Gasteiger partial charge in [0.1, 0.15) is 0 Å². The second-order valence-electron chi connectivity index (χ2n) is 22.6. The van der Waals surface area contributed by atoms with Gasteiger partial charge in [-0.15, -0.1) is 0 Å². The maximum absolute atomic E-state index is 10.8. The highest BCUT2D eigenvalue weighted by atomic mass is 31.2. The summed E-state index contributed by atoms with van der Waals surface area (Å²) in [7, 11) is -3.27. The lowest BCUT2D eigenvalue weighted by Gasteiger charge is -2.41. The molecule has 0 aromatic rings. The van der Waals surface area contributed by atoms with Gasteiger partial charge in [0.05, 0.1) is 36.2 Å². The normalized spacial score (nSPS) is 27.4. The molecule has 15 heteroatoms. The van der Waals surface area contributed by atoms with Crippen molar-refractivity contribution >= 4 is 7.60 Å². The molecule has 1 unspecified atom stereocenters. The summed E-state index contributed by atoms with van der Waals surface area (Å²) in [5.41, 5.74) is 5.72. The Hall–Kier alpha value is -1.23. The molecular weight excluding hydrogens is 860 g/mol. The van der Waals surface area contributed by atoms with Crippen molar-refractivity contribution in [2.75, 3.05) is 98.3 Å². The summed E-state index contributed by atoms with van der Waals surface area (Å²) in [6.45, 7) is 53.9. The zero-order valence-corrected chi connectivity index (χ0v) is 46.6. The molecule has 67 heavy (non-hydrogen) atoms. The van der Waals surface area contributed by atoms with Crippen LogP contribution in [0.1, 0.15) is 138 Å². The number of nitrogens with zero attached hydrogens (tertiary/aromatic N) is 9. The highest BCUT2D eigenvalue weighted by Crippen LogP contribution is 2.40. The predicted molar refractivity (Wildman–Crippen MR) is 283 cm³/mol. The third-order valence-corrected chi connectivity index (χ3v) is 14.6. The molecule has 7 aliphatic heterocycles. The summed E-state index contributed by atoms with van der Waals surface area (Å²) in [5.74, 6) is 2.55. The Balaban J connectivity index is 0.000000762. The smallest absolute Gasteiger partial charge is 0.325 e. The second-order valence-corrected chi connectivity index (χ2v) is 24.4. The Morgan fingerprint density at radius 1 is 0.537 bits per heavy atom. The molecule has 0 radical (unpaired) electrons. The van der Waals surface area contributed by atoms with Crippen LogP contribution in [-0.4, -0.2) is 203 Å². The number of β-amino-alcohol motifs (C(OH)–C–C–N with tert-alkyl or cyclic N) is 1. The second kappa shape index (κ2) is 32.7. The third kappa shape index (κ3) is 26.2. The van der Waals surface area contributed by atoms with Crippen molar-refractivity contribution in [3.63, 3.8) is 0 Å². The highest BCUT2D eigenvalue weighted by molar-refractivity contribution is 7.51. The summed E-state index contributed by atoms with van der Waals surface area (Å²) in [6, 6.07) is 9.43. The minimum absolute atomic E-state index is 0. The average Bonchev–Trinajstić information content (AvgIpc) is 3.88. The molecule has 0 aromatic carbocycles. The standard InChI is InChI=1S/C9H16N2.C8H14N2O.C7H16N2.C7H16NO3P.2C7H15N.C6H13N.CH4/c1-7(2)11-5-8(3)9(4-10)6-11;1-6(2)10-4-7(3-9)8(11)5-10;1-6(2)9-4-3-7(8)5-9;1-6(2)8-4-7(5-8)11-12(3,9)10;2*1-6(2)8-4-7(3)5-8;1-6(2)7-4-3-5-7;/h7-9H,5-6H2,1-3H3;6-8,11H,4-5H2,1-2H3;6-7H,3-5,8H2,1-2H3;6-7H,4-5H2,1-3H3,(H,9,10);2*6-7H,4-5H2,1-3H3;6H,3-5H2,1-2H3;1H4/t8-,9+;7-,8+;7-;;;;;/m000...../s1. The van der Waals surface area contributed by atoms with Crippen molar-refractivity contribution in [1.29, 1.82) is 10.5 Å². The predicted octanol–water partition coefficient (Wildman–Crippen LogP) is 7.47. The molecule has 6 atom stereocenters. The van der Waals surface area contributed by atoms with E-state index in [4.69, 9.17) is 25.7 Å². The van der Waals surface area contributed by atoms with E-state index in [1.165, 1.54) is 65.3 Å². The van der Waals surface area contributed by atoms with Crippen molar-refractivity contribution < 1.29 is 19.1 Å². The number of nitrogens with two attached hydrogens (primary N) is 1. The van der Waals surface area contributed by atoms with Crippen LogP contribution < -0.4 is 5.73 Å². The van der Waals surface area contributed by atoms with Gasteiger partial charge in [-0.1, -0.05) is 28.2 Å². The van der Waals surface area contributed by atoms with Crippen LogP contribution in [0.2, 0.25) is 0 Å². The van der Waals surface area contributed by atoms with Gasteiger partial charge < -0.3 is 35.0 Å². The molecule has 0 spiro atoms. The fraction of sp³-hybridized carbons (Fsp3) is 0.962. The van der Waals surface area contributed by atoms with E-state index in [9.17, 15) is 9.67 Å². The molecule has 0 aliphatic carbocycles. The molecule has 7 fully saturated rings. The quantitative estimate of drug-likeness (QED) is 0.195. The lowest BCUT2D eigenvalue weighted by atomic mass is 10.0. The summed E-state index contributed by atoms with van der Waals surface area (Å²) in [6.07, 6.45) is 2.10. The van der Waals surface area contributed by atoms with Crippen LogP contribution in [0.5, 0.6) is 0 Å². The molecule has 7 aliphatic rings. The Labute approximate surface area is 414 Å². The van der Waals surface area contributed by atoms with Gasteiger partial charge in [0, 0.05) is 127 Å². The van der Waals surface area contributed by atoms with Crippen LogP contribution in [0, 0.1) is 52.3 Å². The fourth-order valence-electron chi connectivity index (χ4n) is 8.67. The van der Waals surface area contributed by atoms with Gasteiger partial charge in [-0.3, -0.25) is 24.2 Å². The molecule has 4 N–H and O–H groups in total. The number of hydrogen-bond acceptors (Lipinski definition) is 13. The molecule has 7 heterocycles. The topological polar surface area (TPSA) is 163 Å². The van der Waals surface area contributed by atoms with E-state index in [-0.39, 0.29) is 25.4 Å². The summed E-state index contributed by atoms with van der Waals surface area (Å²) < 4.78 is 15.7. The zero-order chi connectivity index (χ0) is 50.6. The molecule has 14 nitrogen and oxygen atoms in total. The molecule has 0 saturated carbocycles. The van der Waals surface area contributed by atoms with Gasteiger partial charge in [-0.25, -0.2) is 0 Å². The maximum Gasteiger partial charge on any atom is 0.325 e. The van der Waals surface area contributed by atoms with E-state index >= 15 is 0 Å². The van der Waals surface area contributed by atoms with Crippen molar-refractivity contribution in [2.45, 2.75) is 199 Å². The average molecular weight is 969 g/mol. The van der Waals surface area contributed by atoms with Crippen LogP contribution in [0.4, 0.5) is 0 Å². The van der Waals surface area contributed by atoms with Crippen molar-refractivity contribution in [2.24, 2.45) is 35.3 Å². The number of aliphatic hydroxyl groups is 1. The van der Waals surface area contributed by atoms with Gasteiger partial charge >= 0.3 is 7.60 Å². The molecule has 0 bridgehead atoms. The number of aliphatic hydroxyl groups excluding tert-OH is 1. The highest BCUT2D eigenvalue weighted by Gasteiger charge is 2.34. The van der Waals surface area contributed by atoms with Gasteiger partial charge in [0.2, 0.25) is 0 Å². The van der Waals surface area contributed by atoms with E-state index in [2.05, 4.69) is 164 Å². The lowest BCUT2D eigenvalue weighted by molar-refractivity contribution is -0.00458. The van der Waals surface area contributed by atoms with Crippen molar-refractivity contribution in [3.8, 4) is 12.1 Å². The first-order valence-electron chi connectivity index (χ1n) is 26.0. The SMILES string of the molecule is C.CC(C)N1CC(OP(C)(=O)O)C1.CC(C)N1CCC1.CC(C)N1CC[C@H](N)C1.CC(C)N1C[C@@H](C#N)[C@@H](C)C1.CC(C)N1C[C@@H](O)[C@@H](C#N)C1.CC1CN(C(C)C)C1.CC1CN(C(C)C)C1. The van der Waals surface area contributed by atoms with Crippen LogP contribution in [0.3, 0.4) is 0 Å². The molecule has 396 valence electrons. The first-order valence-corrected chi connectivity index (χ1v) is 28.0. The summed E-state index contributed by atoms with van der Waals surface area (Å²) in [5, 5.41) is 26.7. The van der Waals surface area contributed by atoms with Crippen LogP contribution in [0.15, 0.2) is 0 Å². The van der Waals surface area contributed by atoms with E-state index in [1.54, 1.807) is 0 Å². The van der Waals surface area contributed by atoms with Gasteiger partial charge in [-0.05, 0) is 147 Å². The Kier molecular flexibility index (Phi) is 32.1. The monoisotopic (exact) mass is 969 g/mol. The summed E-state index contributed by atoms with van der Waals surface area (Å²) >= 11 is 0. The number of rotatable bonds is 9. The van der Waals surface area contributed by atoms with E-state index in [0.717, 1.165) is 69.2 Å². The molecule has 0 aromatic heterocycles. The Bertz CT molecular complexity index is 1350. The van der Waals surface area contributed by atoms with E-state index in [1.807, 2.05) is 0 Å². The molecule has 7 rings (SSSR count). The Morgan fingerprint density at radius 3 is 1.09 bits per heavy atom. The van der Waals surface area contributed by atoms with Crippen molar-refractivity contribution in [3.05, 3.63) is 0 Å². The van der Waals surface area contributed by atoms with Crippen LogP contribution in [-0.2, 0) is 9.09 Å². The van der Waals surface area contributed by atoms with Crippen LogP contribution >= 0.6 is 7.60 Å². The molecule has 7 saturated heterocycles. The first-order chi connectivity index (χ1) is 30.6. The Morgan fingerprint density at radius 2 is 0.896 bits per heavy atom. The van der Waals surface area contributed by atoms with Gasteiger partial charge in [0.15, 0.2) is 0 Å². The first kappa shape index (κ1) is 65.8. The van der Waals surface area contributed by atoms with Crippen LogP contribution in [0.25, 0.3) is 0 Å². The minimum Gasteiger partial charge on any atom is -0.390 e. The van der Waals surface area contributed by atoms with E-state index < -0.39 is 13.7 Å². The number of nitriles is 2. The largest absolute Gasteiger partial charge is 0.390 e. The van der Waals surface area contributed by atoms with Gasteiger partial charge in [0.25, 0.3) is 0 Å².